The van der Waals surface area contributed by atoms with Crippen LogP contribution in [0.2, 0.25) is 0 Å². The average Bonchev–Trinajstić information content (AvgIpc) is 2.32. The highest BCUT2D eigenvalue weighted by Crippen LogP contribution is 2.19. The van der Waals surface area contributed by atoms with Crippen molar-refractivity contribution in [1.29, 1.82) is 0 Å². The number of hydrogen-bond donors (Lipinski definition) is 1. The Morgan fingerprint density at radius 2 is 2.00 bits per heavy atom. The lowest BCUT2D eigenvalue weighted by Gasteiger charge is -2.07. The molecule has 2 aromatic rings. The molecule has 0 unspecified atom stereocenters. The molecule has 1 heterocycles. The van der Waals surface area contributed by atoms with Gasteiger partial charge in [0.05, 0.1) is 5.69 Å². The van der Waals surface area contributed by atoms with Gasteiger partial charge in [-0.1, -0.05) is 12.1 Å². The molecule has 0 spiro atoms. The van der Waals surface area contributed by atoms with E-state index >= 15 is 0 Å². The number of aromatic nitrogens is 1. The zero-order valence-electron chi connectivity index (χ0n) is 8.65. The zero-order chi connectivity index (χ0) is 12.3. The van der Waals surface area contributed by atoms with Crippen LogP contribution in [0.3, 0.4) is 0 Å². The van der Waals surface area contributed by atoms with Gasteiger partial charge in [0.15, 0.2) is 0 Å². The highest BCUT2D eigenvalue weighted by atomic mass is 127. The summed E-state index contributed by atoms with van der Waals surface area (Å²) in [7, 11) is 0. The normalized spacial score (nSPS) is 10.0. The van der Waals surface area contributed by atoms with Gasteiger partial charge < -0.3 is 5.32 Å². The first-order valence-corrected chi connectivity index (χ1v) is 6.72. The van der Waals surface area contributed by atoms with Gasteiger partial charge in [-0.3, -0.25) is 4.79 Å². The van der Waals surface area contributed by atoms with Crippen molar-refractivity contribution in [1.82, 2.24) is 4.98 Å². The van der Waals surface area contributed by atoms with Gasteiger partial charge in [-0.15, -0.1) is 0 Å². The number of benzene rings is 1. The summed E-state index contributed by atoms with van der Waals surface area (Å²) in [6.07, 6.45) is 1.59. The van der Waals surface area contributed by atoms with Gasteiger partial charge in [0.25, 0.3) is 5.91 Å². The molecule has 3 nitrogen and oxygen atoms in total. The van der Waals surface area contributed by atoms with Crippen LogP contribution >= 0.6 is 38.5 Å². The van der Waals surface area contributed by atoms with Crippen molar-refractivity contribution in [2.45, 2.75) is 0 Å². The molecule has 1 aromatic heterocycles. The summed E-state index contributed by atoms with van der Waals surface area (Å²) in [5.41, 5.74) is 1.17. The highest BCUT2D eigenvalue weighted by Gasteiger charge is 2.12. The minimum absolute atomic E-state index is 0.221. The second-order valence-corrected chi connectivity index (χ2v) is 5.28. The van der Waals surface area contributed by atoms with Crippen LogP contribution in [0.15, 0.2) is 47.1 Å². The van der Waals surface area contributed by atoms with E-state index in [-0.39, 0.29) is 5.91 Å². The van der Waals surface area contributed by atoms with Crippen LogP contribution in [-0.2, 0) is 0 Å². The molecule has 0 aliphatic carbocycles. The van der Waals surface area contributed by atoms with Crippen molar-refractivity contribution >= 4 is 50.1 Å². The number of carbonyl (C=O) groups is 1. The standard InChI is InChI=1S/C12H8BrIN2O/c13-8-4-3-7-15-11(8)12(17)16-10-6-2-1-5-9(10)14/h1-7H,(H,16,17). The number of amides is 1. The Balaban J connectivity index is 2.24. The summed E-state index contributed by atoms with van der Waals surface area (Å²) in [6, 6.07) is 11.2. The van der Waals surface area contributed by atoms with Crippen LogP contribution in [0, 0.1) is 3.57 Å². The summed E-state index contributed by atoms with van der Waals surface area (Å²) in [6.45, 7) is 0. The largest absolute Gasteiger partial charge is 0.320 e. The van der Waals surface area contributed by atoms with E-state index in [1.54, 1.807) is 18.3 Å². The Hall–Kier alpha value is -0.950. The van der Waals surface area contributed by atoms with Crippen LogP contribution in [0.5, 0.6) is 0 Å². The van der Waals surface area contributed by atoms with Gasteiger partial charge in [-0.2, -0.15) is 0 Å². The molecule has 0 atom stereocenters. The van der Waals surface area contributed by atoms with Gasteiger partial charge in [0.1, 0.15) is 5.69 Å². The molecule has 5 heteroatoms. The molecule has 0 fully saturated rings. The quantitative estimate of drug-likeness (QED) is 0.778. The number of halogens is 2. The first-order chi connectivity index (χ1) is 8.18. The van der Waals surface area contributed by atoms with E-state index in [1.807, 2.05) is 24.3 Å². The average molecular weight is 403 g/mol. The molecule has 1 N–H and O–H groups in total. The molecule has 0 aliphatic heterocycles. The third-order valence-corrected chi connectivity index (χ3v) is 3.68. The van der Waals surface area contributed by atoms with Crippen LogP contribution in [-0.4, -0.2) is 10.9 Å². The summed E-state index contributed by atoms with van der Waals surface area (Å²) >= 11 is 5.48. The molecule has 2 rings (SSSR count). The fourth-order valence-electron chi connectivity index (χ4n) is 1.30. The Bertz CT molecular complexity index is 560. The predicted octanol–water partition coefficient (Wildman–Crippen LogP) is 3.70. The van der Waals surface area contributed by atoms with Crippen molar-refractivity contribution in [2.24, 2.45) is 0 Å². The second kappa shape index (κ2) is 5.59. The maximum Gasteiger partial charge on any atom is 0.275 e. The van der Waals surface area contributed by atoms with Gasteiger partial charge >= 0.3 is 0 Å². The molecule has 0 saturated carbocycles. The van der Waals surface area contributed by atoms with Crippen molar-refractivity contribution in [3.63, 3.8) is 0 Å². The van der Waals surface area contributed by atoms with Gasteiger partial charge in [-0.05, 0) is 62.8 Å². The number of pyridine rings is 1. The smallest absolute Gasteiger partial charge is 0.275 e. The molecule has 1 amide bonds. The number of para-hydroxylation sites is 1. The van der Waals surface area contributed by atoms with Crippen LogP contribution in [0.4, 0.5) is 5.69 Å². The molecule has 0 radical (unpaired) electrons. The summed E-state index contributed by atoms with van der Waals surface area (Å²) in [5, 5.41) is 2.83. The lowest BCUT2D eigenvalue weighted by atomic mass is 10.3. The molecular formula is C12H8BrIN2O. The van der Waals surface area contributed by atoms with Gasteiger partial charge in [0, 0.05) is 14.2 Å². The number of nitrogens with zero attached hydrogens (tertiary/aromatic N) is 1. The molecule has 17 heavy (non-hydrogen) atoms. The lowest BCUT2D eigenvalue weighted by molar-refractivity contribution is 0.102. The molecular weight excluding hydrogens is 395 g/mol. The van der Waals surface area contributed by atoms with Crippen LogP contribution in [0.1, 0.15) is 10.5 Å². The number of nitrogens with one attached hydrogen (secondary N) is 1. The van der Waals surface area contributed by atoms with Crippen LogP contribution in [0.25, 0.3) is 0 Å². The maximum absolute atomic E-state index is 12.0. The molecule has 0 aliphatic rings. The fraction of sp³-hybridized carbons (Fsp3) is 0. The minimum atomic E-state index is -0.221. The molecule has 86 valence electrons. The van der Waals surface area contributed by atoms with E-state index in [4.69, 9.17) is 0 Å². The molecule has 1 aromatic carbocycles. The number of rotatable bonds is 2. The Morgan fingerprint density at radius 3 is 2.71 bits per heavy atom. The van der Waals surface area contributed by atoms with Gasteiger partial charge in [-0.25, -0.2) is 4.98 Å². The lowest BCUT2D eigenvalue weighted by Crippen LogP contribution is -2.14. The zero-order valence-corrected chi connectivity index (χ0v) is 12.4. The van der Waals surface area contributed by atoms with E-state index in [9.17, 15) is 4.79 Å². The van der Waals surface area contributed by atoms with E-state index in [0.29, 0.717) is 10.2 Å². The monoisotopic (exact) mass is 402 g/mol. The van der Waals surface area contributed by atoms with E-state index in [2.05, 4.69) is 48.8 Å². The van der Waals surface area contributed by atoms with E-state index in [0.717, 1.165) is 9.26 Å². The summed E-state index contributed by atoms with van der Waals surface area (Å²) in [5.74, 6) is -0.221. The minimum Gasteiger partial charge on any atom is -0.320 e. The maximum atomic E-state index is 12.0. The van der Waals surface area contributed by atoms with Crippen molar-refractivity contribution < 1.29 is 4.79 Å². The summed E-state index contributed by atoms with van der Waals surface area (Å²) in [4.78, 5) is 16.0. The Kier molecular flexibility index (Phi) is 4.11. The summed E-state index contributed by atoms with van der Waals surface area (Å²) < 4.78 is 1.67. The first-order valence-electron chi connectivity index (χ1n) is 4.85. The third-order valence-electron chi connectivity index (χ3n) is 2.10. The fourth-order valence-corrected chi connectivity index (χ4v) is 2.25. The molecule has 0 saturated heterocycles. The number of carbonyl (C=O) groups excluding carboxylic acids is 1. The van der Waals surface area contributed by atoms with Crippen molar-refractivity contribution in [3.8, 4) is 0 Å². The third kappa shape index (κ3) is 3.04. The van der Waals surface area contributed by atoms with Gasteiger partial charge in [0.2, 0.25) is 0 Å². The second-order valence-electron chi connectivity index (χ2n) is 3.27. The Labute approximate surface area is 121 Å². The van der Waals surface area contributed by atoms with Crippen molar-refractivity contribution in [2.75, 3.05) is 5.32 Å². The highest BCUT2D eigenvalue weighted by molar-refractivity contribution is 14.1. The Morgan fingerprint density at radius 1 is 1.24 bits per heavy atom. The number of anilines is 1. The SMILES string of the molecule is O=C(Nc1ccccc1I)c1ncccc1Br. The number of hydrogen-bond acceptors (Lipinski definition) is 2. The predicted molar refractivity (Wildman–Crippen MR) is 79.0 cm³/mol. The van der Waals surface area contributed by atoms with Crippen LogP contribution < -0.4 is 5.32 Å². The van der Waals surface area contributed by atoms with E-state index < -0.39 is 0 Å². The van der Waals surface area contributed by atoms with Crippen molar-refractivity contribution in [3.05, 3.63) is 56.3 Å². The van der Waals surface area contributed by atoms with E-state index in [1.165, 1.54) is 0 Å². The molecule has 0 bridgehead atoms. The topological polar surface area (TPSA) is 42.0 Å². The first kappa shape index (κ1) is 12.5.